The molecule has 0 unspecified atom stereocenters. The topological polar surface area (TPSA) is 107 Å². The summed E-state index contributed by atoms with van der Waals surface area (Å²) in [6.07, 6.45) is 6.81. The third kappa shape index (κ3) is 2.73. The number of β-amino-alcohol motifs (C(OH)–C–C–N with tert-alkyl or cyclic N) is 1. The highest BCUT2D eigenvalue weighted by atomic mass is 16.3. The minimum absolute atomic E-state index is 0.191. The van der Waals surface area contributed by atoms with Gasteiger partial charge in [0, 0.05) is 36.7 Å². The first-order valence-electron chi connectivity index (χ1n) is 8.23. The Kier molecular flexibility index (Phi) is 3.68. The molecule has 2 aliphatic rings. The summed E-state index contributed by atoms with van der Waals surface area (Å²) in [5, 5.41) is 20.6. The summed E-state index contributed by atoms with van der Waals surface area (Å²) in [5.74, 6) is 0.377. The van der Waals surface area contributed by atoms with Gasteiger partial charge in [0.2, 0.25) is 5.95 Å². The molecule has 8 nitrogen and oxygen atoms in total. The van der Waals surface area contributed by atoms with Crippen molar-refractivity contribution >= 4 is 11.9 Å². The Balaban J connectivity index is 1.38. The second-order valence-corrected chi connectivity index (χ2v) is 6.51. The van der Waals surface area contributed by atoms with Gasteiger partial charge in [0.15, 0.2) is 5.69 Å². The average Bonchev–Trinajstić information content (AvgIpc) is 3.29. The van der Waals surface area contributed by atoms with E-state index < -0.39 is 5.60 Å². The summed E-state index contributed by atoms with van der Waals surface area (Å²) >= 11 is 0. The van der Waals surface area contributed by atoms with E-state index >= 15 is 0 Å². The van der Waals surface area contributed by atoms with E-state index in [1.807, 2.05) is 4.90 Å². The molecule has 3 N–H and O–H groups in total. The predicted octanol–water partition coefficient (Wildman–Crippen LogP) is 0.0596. The molecule has 1 atom stereocenters. The Morgan fingerprint density at radius 3 is 3.04 bits per heavy atom. The lowest BCUT2D eigenvalue weighted by Gasteiger charge is -2.23. The maximum atomic E-state index is 12.4. The largest absolute Gasteiger partial charge is 0.386 e. The molecule has 1 fully saturated rings. The fraction of sp³-hybridized carbons (Fsp3) is 0.500. The molecule has 8 heteroatoms. The SMILES string of the molecule is O=C(NC[C@@]1(O)CCN(c2ncccn2)C1)c1n[nH]c2c1CCC2. The number of nitrogens with zero attached hydrogens (tertiary/aromatic N) is 4. The molecular weight excluding hydrogens is 308 g/mol. The third-order valence-corrected chi connectivity index (χ3v) is 4.77. The van der Waals surface area contributed by atoms with Gasteiger partial charge in [-0.1, -0.05) is 0 Å². The van der Waals surface area contributed by atoms with Crippen LogP contribution >= 0.6 is 0 Å². The molecule has 0 saturated carbocycles. The molecule has 0 bridgehead atoms. The molecule has 2 aromatic heterocycles. The summed E-state index contributed by atoms with van der Waals surface area (Å²) < 4.78 is 0. The number of anilines is 1. The number of fused-ring (bicyclic) bond motifs is 1. The normalized spacial score (nSPS) is 22.6. The van der Waals surface area contributed by atoms with Crippen LogP contribution in [0.4, 0.5) is 5.95 Å². The van der Waals surface area contributed by atoms with Gasteiger partial charge in [-0.05, 0) is 31.7 Å². The molecule has 24 heavy (non-hydrogen) atoms. The number of hydrogen-bond acceptors (Lipinski definition) is 6. The molecule has 1 amide bonds. The lowest BCUT2D eigenvalue weighted by atomic mass is 10.0. The number of aromatic amines is 1. The van der Waals surface area contributed by atoms with Gasteiger partial charge in [-0.15, -0.1) is 0 Å². The van der Waals surface area contributed by atoms with Crippen LogP contribution in [-0.4, -0.2) is 56.4 Å². The van der Waals surface area contributed by atoms with Crippen molar-refractivity contribution in [3.63, 3.8) is 0 Å². The Morgan fingerprint density at radius 1 is 1.38 bits per heavy atom. The van der Waals surface area contributed by atoms with Crippen molar-refractivity contribution in [2.45, 2.75) is 31.3 Å². The second-order valence-electron chi connectivity index (χ2n) is 6.51. The zero-order chi connectivity index (χ0) is 16.6. The van der Waals surface area contributed by atoms with E-state index in [2.05, 4.69) is 25.5 Å². The Hall–Kier alpha value is -2.48. The van der Waals surface area contributed by atoms with Gasteiger partial charge in [-0.25, -0.2) is 9.97 Å². The molecular formula is C16H20N6O2. The highest BCUT2D eigenvalue weighted by Gasteiger charge is 2.37. The zero-order valence-corrected chi connectivity index (χ0v) is 13.3. The smallest absolute Gasteiger partial charge is 0.272 e. The fourth-order valence-corrected chi connectivity index (χ4v) is 3.46. The van der Waals surface area contributed by atoms with Crippen LogP contribution < -0.4 is 10.2 Å². The van der Waals surface area contributed by atoms with E-state index in [1.165, 1.54) is 0 Å². The number of aromatic nitrogens is 4. The minimum Gasteiger partial charge on any atom is -0.386 e. The monoisotopic (exact) mass is 328 g/mol. The highest BCUT2D eigenvalue weighted by Crippen LogP contribution is 2.25. The molecule has 1 saturated heterocycles. The highest BCUT2D eigenvalue weighted by molar-refractivity contribution is 5.94. The van der Waals surface area contributed by atoms with Gasteiger partial charge in [0.1, 0.15) is 5.60 Å². The van der Waals surface area contributed by atoms with Crippen LogP contribution in [0.3, 0.4) is 0 Å². The first-order chi connectivity index (χ1) is 11.6. The van der Waals surface area contributed by atoms with E-state index in [0.29, 0.717) is 31.2 Å². The first-order valence-corrected chi connectivity index (χ1v) is 8.23. The third-order valence-electron chi connectivity index (χ3n) is 4.77. The molecule has 0 spiro atoms. The number of aliphatic hydroxyl groups is 1. The second kappa shape index (κ2) is 5.86. The van der Waals surface area contributed by atoms with Crippen LogP contribution in [0.5, 0.6) is 0 Å². The standard InChI is InChI=1S/C16H20N6O2/c23-14(13-11-3-1-4-12(11)20-21-13)19-9-16(24)5-8-22(10-16)15-17-6-2-7-18-15/h2,6-7,24H,1,3-5,8-10H2,(H,19,23)(H,20,21)/t16-/m0/s1. The van der Waals surface area contributed by atoms with Gasteiger partial charge in [-0.3, -0.25) is 9.89 Å². The Morgan fingerprint density at radius 2 is 2.21 bits per heavy atom. The number of carbonyl (C=O) groups is 1. The van der Waals surface area contributed by atoms with Crippen LogP contribution in [0.25, 0.3) is 0 Å². The quantitative estimate of drug-likeness (QED) is 0.733. The van der Waals surface area contributed by atoms with Crippen molar-refractivity contribution in [1.29, 1.82) is 0 Å². The summed E-state index contributed by atoms with van der Waals surface area (Å²) in [4.78, 5) is 22.7. The number of hydrogen-bond donors (Lipinski definition) is 3. The summed E-state index contributed by atoms with van der Waals surface area (Å²) in [6, 6.07) is 1.76. The van der Waals surface area contributed by atoms with Gasteiger partial charge in [0.25, 0.3) is 5.91 Å². The lowest BCUT2D eigenvalue weighted by molar-refractivity contribution is 0.0573. The molecule has 1 aliphatic heterocycles. The number of rotatable bonds is 4. The van der Waals surface area contributed by atoms with E-state index in [4.69, 9.17) is 0 Å². The number of nitrogens with one attached hydrogen (secondary N) is 2. The molecule has 1 aliphatic carbocycles. The number of H-pyrrole nitrogens is 1. The van der Waals surface area contributed by atoms with E-state index in [-0.39, 0.29) is 12.5 Å². The minimum atomic E-state index is -0.978. The van der Waals surface area contributed by atoms with Crippen LogP contribution in [-0.2, 0) is 12.8 Å². The molecule has 4 rings (SSSR count). The van der Waals surface area contributed by atoms with E-state index in [0.717, 1.165) is 30.5 Å². The molecule has 126 valence electrons. The van der Waals surface area contributed by atoms with Crippen LogP contribution in [0.15, 0.2) is 18.5 Å². The number of carbonyl (C=O) groups excluding carboxylic acids is 1. The van der Waals surface area contributed by atoms with Crippen molar-refractivity contribution in [1.82, 2.24) is 25.5 Å². The van der Waals surface area contributed by atoms with Gasteiger partial charge < -0.3 is 15.3 Å². The summed E-state index contributed by atoms with van der Waals surface area (Å²) in [5.41, 5.74) is 1.57. The Bertz CT molecular complexity index is 746. The molecule has 2 aromatic rings. The zero-order valence-electron chi connectivity index (χ0n) is 13.3. The summed E-state index contributed by atoms with van der Waals surface area (Å²) in [6.45, 7) is 1.25. The van der Waals surface area contributed by atoms with Crippen molar-refractivity contribution in [2.75, 3.05) is 24.5 Å². The van der Waals surface area contributed by atoms with E-state index in [9.17, 15) is 9.90 Å². The lowest BCUT2D eigenvalue weighted by Crippen LogP contribution is -2.45. The van der Waals surface area contributed by atoms with Crippen molar-refractivity contribution in [3.8, 4) is 0 Å². The number of amides is 1. The fourth-order valence-electron chi connectivity index (χ4n) is 3.46. The maximum absolute atomic E-state index is 12.4. The molecule has 0 aromatic carbocycles. The Labute approximate surface area is 139 Å². The van der Waals surface area contributed by atoms with Gasteiger partial charge >= 0.3 is 0 Å². The van der Waals surface area contributed by atoms with Gasteiger partial charge in [-0.2, -0.15) is 5.10 Å². The van der Waals surface area contributed by atoms with Crippen molar-refractivity contribution < 1.29 is 9.90 Å². The van der Waals surface area contributed by atoms with Gasteiger partial charge in [0.05, 0.1) is 6.54 Å². The van der Waals surface area contributed by atoms with Crippen LogP contribution in [0.2, 0.25) is 0 Å². The molecule has 3 heterocycles. The van der Waals surface area contributed by atoms with E-state index in [1.54, 1.807) is 18.5 Å². The van der Waals surface area contributed by atoms with Crippen LogP contribution in [0.1, 0.15) is 34.6 Å². The summed E-state index contributed by atoms with van der Waals surface area (Å²) in [7, 11) is 0. The number of aryl methyl sites for hydroxylation is 1. The average molecular weight is 328 g/mol. The maximum Gasteiger partial charge on any atom is 0.272 e. The van der Waals surface area contributed by atoms with Crippen LogP contribution in [0, 0.1) is 0 Å². The van der Waals surface area contributed by atoms with Crippen molar-refractivity contribution in [3.05, 3.63) is 35.4 Å². The molecule has 0 radical (unpaired) electrons. The predicted molar refractivity (Wildman–Crippen MR) is 86.8 cm³/mol. The van der Waals surface area contributed by atoms with Crippen molar-refractivity contribution in [2.24, 2.45) is 0 Å². The first kappa shape index (κ1) is 15.1.